The fourth-order valence-electron chi connectivity index (χ4n) is 6.77. The van der Waals surface area contributed by atoms with Crippen LogP contribution in [-0.2, 0) is 20.9 Å². The SMILES string of the molecule is CCCN1C(=O)[C@@H](CC2(O)CCCCC2)NC(=O)C12CCN(Cc1ccc(Oc3ccc(C(=O)OC)cc3)cc1)CC2. The van der Waals surface area contributed by atoms with Crippen molar-refractivity contribution in [3.05, 3.63) is 59.7 Å². The molecule has 2 aliphatic heterocycles. The van der Waals surface area contributed by atoms with Gasteiger partial charge in [-0.2, -0.15) is 0 Å². The molecule has 1 spiro atoms. The van der Waals surface area contributed by atoms with Crippen molar-refractivity contribution in [2.75, 3.05) is 26.7 Å². The molecular weight excluding hydrogens is 534 g/mol. The molecule has 0 aromatic heterocycles. The number of carbonyl (C=O) groups excluding carboxylic acids is 3. The van der Waals surface area contributed by atoms with Gasteiger partial charge >= 0.3 is 5.97 Å². The third-order valence-corrected chi connectivity index (χ3v) is 9.15. The minimum Gasteiger partial charge on any atom is -0.465 e. The van der Waals surface area contributed by atoms with Crippen LogP contribution in [0.5, 0.6) is 11.5 Å². The summed E-state index contributed by atoms with van der Waals surface area (Å²) in [4.78, 5) is 43.1. The predicted molar refractivity (Wildman–Crippen MR) is 158 cm³/mol. The zero-order valence-electron chi connectivity index (χ0n) is 24.8. The van der Waals surface area contributed by atoms with Gasteiger partial charge in [-0.05, 0) is 74.1 Å². The van der Waals surface area contributed by atoms with Crippen LogP contribution >= 0.6 is 0 Å². The molecule has 0 radical (unpaired) electrons. The van der Waals surface area contributed by atoms with Gasteiger partial charge in [-0.15, -0.1) is 0 Å². The summed E-state index contributed by atoms with van der Waals surface area (Å²) in [6, 6.07) is 14.1. The zero-order valence-corrected chi connectivity index (χ0v) is 24.8. The average molecular weight is 578 g/mol. The molecule has 5 rings (SSSR count). The van der Waals surface area contributed by atoms with Crippen LogP contribution in [0.25, 0.3) is 0 Å². The highest BCUT2D eigenvalue weighted by atomic mass is 16.5. The Morgan fingerprint density at radius 3 is 2.17 bits per heavy atom. The first kappa shape index (κ1) is 30.0. The van der Waals surface area contributed by atoms with E-state index in [1.807, 2.05) is 36.1 Å². The second kappa shape index (κ2) is 12.8. The van der Waals surface area contributed by atoms with E-state index in [1.165, 1.54) is 7.11 Å². The van der Waals surface area contributed by atoms with E-state index in [4.69, 9.17) is 9.47 Å². The van der Waals surface area contributed by atoms with Gasteiger partial charge in [0.25, 0.3) is 0 Å². The number of piperidine rings is 1. The van der Waals surface area contributed by atoms with E-state index in [9.17, 15) is 19.5 Å². The van der Waals surface area contributed by atoms with E-state index in [1.54, 1.807) is 24.3 Å². The number of likely N-dealkylation sites (tertiary alicyclic amines) is 1. The van der Waals surface area contributed by atoms with E-state index < -0.39 is 17.2 Å². The highest BCUT2D eigenvalue weighted by Gasteiger charge is 2.54. The molecule has 2 saturated heterocycles. The molecular formula is C33H43N3O6. The minimum absolute atomic E-state index is 0.0422. The number of piperazine rings is 1. The quantitative estimate of drug-likeness (QED) is 0.425. The Balaban J connectivity index is 1.17. The summed E-state index contributed by atoms with van der Waals surface area (Å²) in [5.41, 5.74) is -0.0899. The van der Waals surface area contributed by atoms with Gasteiger partial charge in [-0.3, -0.25) is 14.5 Å². The first-order valence-electron chi connectivity index (χ1n) is 15.3. The predicted octanol–water partition coefficient (Wildman–Crippen LogP) is 4.42. The van der Waals surface area contributed by atoms with Gasteiger partial charge in [-0.25, -0.2) is 4.79 Å². The van der Waals surface area contributed by atoms with Crippen LogP contribution in [-0.4, -0.2) is 76.6 Å². The molecule has 2 aromatic rings. The van der Waals surface area contributed by atoms with Crippen molar-refractivity contribution >= 4 is 17.8 Å². The maximum Gasteiger partial charge on any atom is 0.337 e. The first-order chi connectivity index (χ1) is 20.2. The monoisotopic (exact) mass is 577 g/mol. The fraction of sp³-hybridized carbons (Fsp3) is 0.545. The molecule has 9 heteroatoms. The lowest BCUT2D eigenvalue weighted by molar-refractivity contribution is -0.163. The summed E-state index contributed by atoms with van der Waals surface area (Å²) in [7, 11) is 1.35. The summed E-state index contributed by atoms with van der Waals surface area (Å²) in [6.07, 6.45) is 6.69. The summed E-state index contributed by atoms with van der Waals surface area (Å²) < 4.78 is 10.7. The van der Waals surface area contributed by atoms with Crippen molar-refractivity contribution in [2.45, 2.75) is 88.4 Å². The smallest absolute Gasteiger partial charge is 0.337 e. The highest BCUT2D eigenvalue weighted by molar-refractivity contribution is 6.00. The number of methoxy groups -OCH3 is 1. The number of nitrogens with one attached hydrogen (secondary N) is 1. The molecule has 226 valence electrons. The topological polar surface area (TPSA) is 108 Å². The molecule has 2 amide bonds. The number of aliphatic hydroxyl groups is 1. The fourth-order valence-corrected chi connectivity index (χ4v) is 6.77. The molecule has 1 saturated carbocycles. The molecule has 3 aliphatic rings. The Labute approximate surface area is 248 Å². The van der Waals surface area contributed by atoms with E-state index in [2.05, 4.69) is 10.2 Å². The molecule has 3 fully saturated rings. The van der Waals surface area contributed by atoms with Crippen molar-refractivity contribution < 1.29 is 29.0 Å². The van der Waals surface area contributed by atoms with E-state index in [0.717, 1.165) is 37.8 Å². The molecule has 2 heterocycles. The van der Waals surface area contributed by atoms with Crippen molar-refractivity contribution in [1.82, 2.24) is 15.1 Å². The van der Waals surface area contributed by atoms with Crippen LogP contribution < -0.4 is 10.1 Å². The number of nitrogens with zero attached hydrogens (tertiary/aromatic N) is 2. The van der Waals surface area contributed by atoms with Crippen LogP contribution in [0.2, 0.25) is 0 Å². The lowest BCUT2D eigenvalue weighted by atomic mass is 9.77. The Bertz CT molecular complexity index is 1250. The molecule has 2 N–H and O–H groups in total. The molecule has 0 bridgehead atoms. The number of carbonyl (C=O) groups is 3. The van der Waals surface area contributed by atoms with Crippen molar-refractivity contribution in [1.29, 1.82) is 0 Å². The van der Waals surface area contributed by atoms with Gasteiger partial charge in [0.15, 0.2) is 0 Å². The Morgan fingerprint density at radius 1 is 0.952 bits per heavy atom. The molecule has 1 aliphatic carbocycles. The minimum atomic E-state index is -0.868. The maximum absolute atomic E-state index is 13.7. The van der Waals surface area contributed by atoms with E-state index >= 15 is 0 Å². The van der Waals surface area contributed by atoms with Crippen molar-refractivity contribution in [3.8, 4) is 11.5 Å². The van der Waals surface area contributed by atoms with Gasteiger partial charge in [0, 0.05) is 32.6 Å². The largest absolute Gasteiger partial charge is 0.465 e. The summed E-state index contributed by atoms with van der Waals surface area (Å²) >= 11 is 0. The lowest BCUT2D eigenvalue weighted by Gasteiger charge is -2.52. The molecule has 9 nitrogen and oxygen atoms in total. The third kappa shape index (κ3) is 6.47. The number of ether oxygens (including phenoxy) is 2. The average Bonchev–Trinajstić information content (AvgIpc) is 3.00. The Morgan fingerprint density at radius 2 is 1.57 bits per heavy atom. The first-order valence-corrected chi connectivity index (χ1v) is 15.3. The summed E-state index contributed by atoms with van der Waals surface area (Å²) in [5, 5.41) is 14.1. The highest BCUT2D eigenvalue weighted by Crippen LogP contribution is 2.37. The molecule has 0 unspecified atom stereocenters. The van der Waals surface area contributed by atoms with Crippen LogP contribution in [0.15, 0.2) is 48.5 Å². The van der Waals surface area contributed by atoms with Gasteiger partial charge in [0.1, 0.15) is 23.1 Å². The number of benzene rings is 2. The standard InChI is InChI=1S/C33H43N3O6/c1-3-19-36-29(37)28(22-32(40)15-5-4-6-16-32)34-31(39)33(36)17-20-35(21-18-33)23-24-7-11-26(12-8-24)42-27-13-9-25(10-14-27)30(38)41-2/h7-14,28,40H,3-6,15-23H2,1-2H3,(H,34,39)/t28-/m1/s1. The number of amides is 2. The van der Waals surface area contributed by atoms with Gasteiger partial charge in [-0.1, -0.05) is 38.3 Å². The normalized spacial score (nSPS) is 22.1. The third-order valence-electron chi connectivity index (χ3n) is 9.15. The number of hydrogen-bond donors (Lipinski definition) is 2. The summed E-state index contributed by atoms with van der Waals surface area (Å²) in [5.74, 6) is 0.827. The van der Waals surface area contributed by atoms with Gasteiger partial charge in [0.2, 0.25) is 11.8 Å². The van der Waals surface area contributed by atoms with Crippen molar-refractivity contribution in [3.63, 3.8) is 0 Å². The van der Waals surface area contributed by atoms with Crippen LogP contribution in [0.1, 0.15) is 80.6 Å². The molecule has 2 aromatic carbocycles. The van der Waals surface area contributed by atoms with E-state index in [-0.39, 0.29) is 17.8 Å². The molecule has 42 heavy (non-hydrogen) atoms. The number of esters is 1. The van der Waals surface area contributed by atoms with Crippen molar-refractivity contribution in [2.24, 2.45) is 0 Å². The Kier molecular flexibility index (Phi) is 9.18. The molecule has 1 atom stereocenters. The number of hydrogen-bond acceptors (Lipinski definition) is 7. The number of rotatable bonds is 9. The summed E-state index contributed by atoms with van der Waals surface area (Å²) in [6.45, 7) is 4.74. The Hall–Kier alpha value is -3.43. The van der Waals surface area contributed by atoms with Crippen LogP contribution in [0.3, 0.4) is 0 Å². The lowest BCUT2D eigenvalue weighted by Crippen LogP contribution is -2.73. The van der Waals surface area contributed by atoms with Crippen LogP contribution in [0, 0.1) is 0 Å². The second-order valence-corrected chi connectivity index (χ2v) is 12.1. The second-order valence-electron chi connectivity index (χ2n) is 12.1. The maximum atomic E-state index is 13.7. The van der Waals surface area contributed by atoms with Gasteiger partial charge in [0.05, 0.1) is 18.3 Å². The van der Waals surface area contributed by atoms with E-state index in [0.29, 0.717) is 68.8 Å². The van der Waals surface area contributed by atoms with Crippen LogP contribution in [0.4, 0.5) is 0 Å². The van der Waals surface area contributed by atoms with Gasteiger partial charge < -0.3 is 24.8 Å². The zero-order chi connectivity index (χ0) is 29.7.